The van der Waals surface area contributed by atoms with Crippen molar-refractivity contribution in [3.05, 3.63) is 87.3 Å². The molecule has 1 aliphatic rings. The van der Waals surface area contributed by atoms with Crippen LogP contribution in [0.1, 0.15) is 44.3 Å². The Bertz CT molecular complexity index is 1200. The van der Waals surface area contributed by atoms with Crippen molar-refractivity contribution in [3.8, 4) is 11.5 Å². The number of ketones is 1. The zero-order valence-electron chi connectivity index (χ0n) is 17.2. The average molecular weight is 418 g/mol. The molecule has 0 saturated heterocycles. The van der Waals surface area contributed by atoms with E-state index in [1.54, 1.807) is 44.6 Å². The summed E-state index contributed by atoms with van der Waals surface area (Å²) in [6.07, 6.45) is 0.751. The molecule has 7 heteroatoms. The van der Waals surface area contributed by atoms with E-state index in [9.17, 15) is 14.4 Å². The summed E-state index contributed by atoms with van der Waals surface area (Å²) < 4.78 is 10.6. The zero-order chi connectivity index (χ0) is 22.0. The lowest BCUT2D eigenvalue weighted by molar-refractivity contribution is 0.0963. The highest BCUT2D eigenvalue weighted by molar-refractivity contribution is 6.06. The van der Waals surface area contributed by atoms with E-state index in [2.05, 4.69) is 10.3 Å². The van der Waals surface area contributed by atoms with Crippen LogP contribution in [0.5, 0.6) is 11.5 Å². The molecule has 1 aromatic heterocycles. The summed E-state index contributed by atoms with van der Waals surface area (Å²) in [5.41, 5.74) is 1.81. The highest BCUT2D eigenvalue weighted by Gasteiger charge is 2.29. The van der Waals surface area contributed by atoms with Gasteiger partial charge < -0.3 is 19.8 Å². The van der Waals surface area contributed by atoms with Crippen molar-refractivity contribution in [3.63, 3.8) is 0 Å². The molecule has 0 radical (unpaired) electrons. The first-order chi connectivity index (χ1) is 15.0. The number of ether oxygens (including phenoxy) is 2. The normalized spacial score (nSPS) is 15.2. The third-order valence-corrected chi connectivity index (χ3v) is 5.46. The molecule has 0 fully saturated rings. The summed E-state index contributed by atoms with van der Waals surface area (Å²) in [4.78, 5) is 40.8. The molecule has 1 aliphatic carbocycles. The van der Waals surface area contributed by atoms with Gasteiger partial charge in [-0.3, -0.25) is 14.4 Å². The van der Waals surface area contributed by atoms with Gasteiger partial charge in [0.05, 0.1) is 14.2 Å². The van der Waals surface area contributed by atoms with Crippen molar-refractivity contribution in [2.75, 3.05) is 19.5 Å². The highest BCUT2D eigenvalue weighted by atomic mass is 16.5. The minimum atomic E-state index is -0.551. The Hall–Kier alpha value is -3.87. The van der Waals surface area contributed by atoms with E-state index in [1.807, 2.05) is 18.2 Å². The van der Waals surface area contributed by atoms with Gasteiger partial charge in [0.2, 0.25) is 0 Å². The molecule has 1 heterocycles. The predicted octanol–water partition coefficient (Wildman–Crippen LogP) is 3.56. The maximum absolute atomic E-state index is 12.9. The number of Topliss-reactive ketones (excluding diaryl/α,β-unsaturated/α-hetero) is 1. The summed E-state index contributed by atoms with van der Waals surface area (Å²) >= 11 is 0. The Balaban J connectivity index is 1.62. The number of aromatic nitrogens is 1. The van der Waals surface area contributed by atoms with Crippen LogP contribution in [0, 0.1) is 0 Å². The number of methoxy groups -OCH3 is 2. The number of rotatable bonds is 5. The lowest BCUT2D eigenvalue weighted by Gasteiger charge is -2.24. The van der Waals surface area contributed by atoms with Gasteiger partial charge in [-0.25, -0.2) is 0 Å². The molecular formula is C24H22N2O5. The van der Waals surface area contributed by atoms with E-state index in [0.29, 0.717) is 34.9 Å². The highest BCUT2D eigenvalue weighted by Crippen LogP contribution is 2.36. The fourth-order valence-electron chi connectivity index (χ4n) is 3.86. The number of aromatic amines is 1. The lowest BCUT2D eigenvalue weighted by Crippen LogP contribution is -2.29. The quantitative estimate of drug-likeness (QED) is 0.660. The molecule has 2 N–H and O–H groups in total. The first-order valence-electron chi connectivity index (χ1n) is 9.88. The lowest BCUT2D eigenvalue weighted by atomic mass is 9.81. The van der Waals surface area contributed by atoms with Crippen molar-refractivity contribution in [2.24, 2.45) is 0 Å². The molecule has 1 amide bonds. The maximum atomic E-state index is 12.9. The second kappa shape index (κ2) is 8.47. The molecule has 31 heavy (non-hydrogen) atoms. The number of benzene rings is 2. The van der Waals surface area contributed by atoms with Crippen LogP contribution < -0.4 is 20.3 Å². The van der Waals surface area contributed by atoms with Gasteiger partial charge in [0.25, 0.3) is 11.5 Å². The molecule has 0 aliphatic heterocycles. The number of nitrogens with one attached hydrogen (secondary N) is 2. The fourth-order valence-corrected chi connectivity index (χ4v) is 3.86. The van der Waals surface area contributed by atoms with E-state index in [1.165, 1.54) is 6.07 Å². The van der Waals surface area contributed by atoms with Gasteiger partial charge >= 0.3 is 0 Å². The van der Waals surface area contributed by atoms with E-state index >= 15 is 0 Å². The summed E-state index contributed by atoms with van der Waals surface area (Å²) in [7, 11) is 3.12. The maximum Gasteiger partial charge on any atom is 0.261 e. The number of H-pyrrole nitrogens is 1. The van der Waals surface area contributed by atoms with Gasteiger partial charge in [-0.1, -0.05) is 24.3 Å². The monoisotopic (exact) mass is 418 g/mol. The van der Waals surface area contributed by atoms with Gasteiger partial charge in [0.1, 0.15) is 5.56 Å². The topological polar surface area (TPSA) is 97.5 Å². The number of carbonyl (C=O) groups is 2. The Kier molecular flexibility index (Phi) is 5.58. The van der Waals surface area contributed by atoms with Crippen LogP contribution >= 0.6 is 0 Å². The standard InChI is InChI=1S/C24H22N2O5/c1-30-21-9-8-14(12-22(21)31-2)15-10-19-17(20(27)11-15)13-18(24(29)26-19)23(28)25-16-6-4-3-5-7-16/h3-9,12-13,15H,10-11H2,1-2H3,(H,25,28)(H,26,29)/t15-/m1/s1. The number of amides is 1. The summed E-state index contributed by atoms with van der Waals surface area (Å²) in [6.45, 7) is 0. The molecule has 0 saturated carbocycles. The van der Waals surface area contributed by atoms with Crippen molar-refractivity contribution in [2.45, 2.75) is 18.8 Å². The number of carbonyl (C=O) groups excluding carboxylic acids is 2. The van der Waals surface area contributed by atoms with Crippen molar-refractivity contribution in [1.82, 2.24) is 4.98 Å². The first-order valence-corrected chi connectivity index (χ1v) is 9.88. The molecule has 4 rings (SSSR count). The van der Waals surface area contributed by atoms with Crippen LogP contribution in [0.15, 0.2) is 59.4 Å². The number of hydrogen-bond donors (Lipinski definition) is 2. The van der Waals surface area contributed by atoms with Gasteiger partial charge in [0.15, 0.2) is 17.3 Å². The molecule has 3 aromatic rings. The van der Waals surface area contributed by atoms with Gasteiger partial charge in [-0.15, -0.1) is 0 Å². The number of fused-ring (bicyclic) bond motifs is 1. The van der Waals surface area contributed by atoms with Crippen LogP contribution in [0.2, 0.25) is 0 Å². The molecular weight excluding hydrogens is 396 g/mol. The fraction of sp³-hybridized carbons (Fsp3) is 0.208. The van der Waals surface area contributed by atoms with Crippen LogP contribution in [0.25, 0.3) is 0 Å². The molecule has 0 bridgehead atoms. The molecule has 1 atom stereocenters. The van der Waals surface area contributed by atoms with E-state index < -0.39 is 11.5 Å². The number of para-hydroxylation sites is 1. The van der Waals surface area contributed by atoms with Crippen LogP contribution in [-0.4, -0.2) is 30.9 Å². The average Bonchev–Trinajstić information content (AvgIpc) is 2.78. The van der Waals surface area contributed by atoms with Crippen molar-refractivity contribution >= 4 is 17.4 Å². The minimum Gasteiger partial charge on any atom is -0.493 e. The van der Waals surface area contributed by atoms with Gasteiger partial charge in [0, 0.05) is 23.4 Å². The van der Waals surface area contributed by atoms with Crippen molar-refractivity contribution < 1.29 is 19.1 Å². The SMILES string of the molecule is COc1ccc([C@H]2CC(=O)c3cc(C(=O)Nc4ccccc4)c(=O)[nH]c3C2)cc1OC. The third-order valence-electron chi connectivity index (χ3n) is 5.46. The largest absolute Gasteiger partial charge is 0.493 e. The Morgan fingerprint density at radius 3 is 2.42 bits per heavy atom. The first kappa shape index (κ1) is 20.4. The smallest absolute Gasteiger partial charge is 0.261 e. The second-order valence-electron chi connectivity index (χ2n) is 7.37. The molecule has 0 unspecified atom stereocenters. The summed E-state index contributed by atoms with van der Waals surface area (Å²) in [5.74, 6) is 0.409. The Labute approximate surface area is 179 Å². The van der Waals surface area contributed by atoms with E-state index in [0.717, 1.165) is 5.56 Å². The zero-order valence-corrected chi connectivity index (χ0v) is 17.2. The Morgan fingerprint density at radius 2 is 1.71 bits per heavy atom. The van der Waals surface area contributed by atoms with E-state index in [4.69, 9.17) is 9.47 Å². The molecule has 7 nitrogen and oxygen atoms in total. The molecule has 2 aromatic carbocycles. The molecule has 158 valence electrons. The Morgan fingerprint density at radius 1 is 0.968 bits per heavy atom. The van der Waals surface area contributed by atoms with Crippen molar-refractivity contribution in [1.29, 1.82) is 0 Å². The van der Waals surface area contributed by atoms with Crippen LogP contribution in [0.3, 0.4) is 0 Å². The number of anilines is 1. The number of hydrogen-bond acceptors (Lipinski definition) is 5. The van der Waals surface area contributed by atoms with Gasteiger partial charge in [-0.2, -0.15) is 0 Å². The summed E-state index contributed by atoms with van der Waals surface area (Å²) in [6, 6.07) is 15.8. The number of pyridine rings is 1. The van der Waals surface area contributed by atoms with Gasteiger partial charge in [-0.05, 0) is 48.2 Å². The second-order valence-corrected chi connectivity index (χ2v) is 7.37. The van der Waals surface area contributed by atoms with E-state index in [-0.39, 0.29) is 23.7 Å². The summed E-state index contributed by atoms with van der Waals surface area (Å²) in [5, 5.41) is 2.68. The van der Waals surface area contributed by atoms with Crippen LogP contribution in [0.4, 0.5) is 5.69 Å². The van der Waals surface area contributed by atoms with Crippen LogP contribution in [-0.2, 0) is 6.42 Å². The third kappa shape index (κ3) is 4.07. The predicted molar refractivity (Wildman–Crippen MR) is 116 cm³/mol. The molecule has 0 spiro atoms. The minimum absolute atomic E-state index is 0.0829.